The van der Waals surface area contributed by atoms with Gasteiger partial charge in [-0.05, 0) is 55.5 Å². The van der Waals surface area contributed by atoms with Crippen LogP contribution in [-0.2, 0) is 6.18 Å². The molecule has 0 unspecified atom stereocenters. The van der Waals surface area contributed by atoms with Gasteiger partial charge in [0, 0.05) is 37.4 Å². The molecule has 10 heteroatoms. The summed E-state index contributed by atoms with van der Waals surface area (Å²) in [7, 11) is 0. The smallest absolute Gasteiger partial charge is 0.352 e. The highest BCUT2D eigenvalue weighted by Gasteiger charge is 2.30. The minimum atomic E-state index is -4.42. The predicted octanol–water partition coefficient (Wildman–Crippen LogP) is 3.90. The average molecular weight is 442 g/mol. The van der Waals surface area contributed by atoms with E-state index in [1.165, 1.54) is 12.1 Å². The van der Waals surface area contributed by atoms with Gasteiger partial charge in [0.2, 0.25) is 0 Å². The van der Waals surface area contributed by atoms with Crippen molar-refractivity contribution in [1.82, 2.24) is 20.1 Å². The van der Waals surface area contributed by atoms with Gasteiger partial charge < -0.3 is 15.1 Å². The molecule has 0 radical (unpaired) electrons. The lowest BCUT2D eigenvalue weighted by Crippen LogP contribution is -2.49. The van der Waals surface area contributed by atoms with Crippen molar-refractivity contribution in [2.24, 2.45) is 0 Å². The molecule has 2 aromatic heterocycles. The van der Waals surface area contributed by atoms with E-state index in [0.717, 1.165) is 17.8 Å². The Labute approximate surface area is 182 Å². The van der Waals surface area contributed by atoms with Crippen LogP contribution in [0.25, 0.3) is 0 Å². The first-order valence-corrected chi connectivity index (χ1v) is 10.1. The van der Waals surface area contributed by atoms with E-state index in [0.29, 0.717) is 43.6 Å². The molecule has 0 atom stereocenters. The van der Waals surface area contributed by atoms with Gasteiger partial charge in [0.1, 0.15) is 5.82 Å². The number of nitrogens with one attached hydrogen (secondary N) is 1. The second kappa shape index (κ2) is 8.81. The number of alkyl halides is 3. The SMILES string of the molecule is Cc1cccc(Nc2ccc(N3CCN(C(=O)c4ccc(C(F)(F)F)cc4)CC3)nn2)n1. The number of anilines is 3. The van der Waals surface area contributed by atoms with Gasteiger partial charge in [-0.1, -0.05) is 6.07 Å². The number of nitrogens with zero attached hydrogens (tertiary/aromatic N) is 5. The van der Waals surface area contributed by atoms with Gasteiger partial charge in [0.15, 0.2) is 11.6 Å². The molecule has 3 heterocycles. The van der Waals surface area contributed by atoms with Gasteiger partial charge in [-0.3, -0.25) is 4.79 Å². The fraction of sp³-hybridized carbons (Fsp3) is 0.273. The molecule has 4 rings (SSSR count). The van der Waals surface area contributed by atoms with Gasteiger partial charge in [0.05, 0.1) is 5.56 Å². The zero-order valence-corrected chi connectivity index (χ0v) is 17.3. The van der Waals surface area contributed by atoms with E-state index >= 15 is 0 Å². The number of amides is 1. The molecule has 1 fully saturated rings. The highest BCUT2D eigenvalue weighted by Crippen LogP contribution is 2.29. The van der Waals surface area contributed by atoms with Crippen LogP contribution in [-0.4, -0.2) is 52.2 Å². The number of rotatable bonds is 4. The number of aromatic nitrogens is 3. The number of halogens is 3. The molecule has 7 nitrogen and oxygen atoms in total. The summed E-state index contributed by atoms with van der Waals surface area (Å²) in [6.07, 6.45) is -4.42. The van der Waals surface area contributed by atoms with E-state index < -0.39 is 11.7 Å². The van der Waals surface area contributed by atoms with Crippen LogP contribution in [0.3, 0.4) is 0 Å². The summed E-state index contributed by atoms with van der Waals surface area (Å²) in [4.78, 5) is 20.6. The average Bonchev–Trinajstić information content (AvgIpc) is 2.79. The number of hydrogen-bond donors (Lipinski definition) is 1. The molecule has 0 saturated carbocycles. The van der Waals surface area contributed by atoms with Gasteiger partial charge in [-0.25, -0.2) is 4.98 Å². The second-order valence-electron chi connectivity index (χ2n) is 7.42. The Balaban J connectivity index is 1.33. The maximum absolute atomic E-state index is 12.7. The van der Waals surface area contributed by atoms with Gasteiger partial charge in [-0.15, -0.1) is 10.2 Å². The topological polar surface area (TPSA) is 74.2 Å². The first kappa shape index (κ1) is 21.5. The summed E-state index contributed by atoms with van der Waals surface area (Å²) in [6, 6.07) is 13.6. The van der Waals surface area contributed by atoms with Crippen molar-refractivity contribution in [2.75, 3.05) is 36.4 Å². The third-order valence-electron chi connectivity index (χ3n) is 5.14. The number of pyridine rings is 1. The Kier molecular flexibility index (Phi) is 5.93. The molecule has 1 aromatic carbocycles. The van der Waals surface area contributed by atoms with Crippen molar-refractivity contribution in [3.63, 3.8) is 0 Å². The van der Waals surface area contributed by atoms with E-state index in [4.69, 9.17) is 0 Å². The van der Waals surface area contributed by atoms with E-state index in [1.54, 1.807) is 4.90 Å². The number of piperazine rings is 1. The van der Waals surface area contributed by atoms with E-state index in [2.05, 4.69) is 20.5 Å². The minimum Gasteiger partial charge on any atom is -0.352 e. The molecule has 0 aliphatic carbocycles. The highest BCUT2D eigenvalue weighted by molar-refractivity contribution is 5.94. The molecule has 1 N–H and O–H groups in total. The number of hydrogen-bond acceptors (Lipinski definition) is 6. The minimum absolute atomic E-state index is 0.242. The van der Waals surface area contributed by atoms with Crippen molar-refractivity contribution >= 4 is 23.4 Å². The van der Waals surface area contributed by atoms with Gasteiger partial charge >= 0.3 is 6.18 Å². The van der Waals surface area contributed by atoms with Crippen molar-refractivity contribution in [2.45, 2.75) is 13.1 Å². The van der Waals surface area contributed by atoms with Gasteiger partial charge in [-0.2, -0.15) is 13.2 Å². The zero-order valence-electron chi connectivity index (χ0n) is 17.3. The lowest BCUT2D eigenvalue weighted by molar-refractivity contribution is -0.137. The van der Waals surface area contributed by atoms with Gasteiger partial charge in [0.25, 0.3) is 5.91 Å². The quantitative estimate of drug-likeness (QED) is 0.661. The largest absolute Gasteiger partial charge is 0.416 e. The summed E-state index contributed by atoms with van der Waals surface area (Å²) in [6.45, 7) is 3.88. The van der Waals surface area contributed by atoms with E-state index in [-0.39, 0.29) is 11.5 Å². The summed E-state index contributed by atoms with van der Waals surface area (Å²) < 4.78 is 38.1. The lowest BCUT2D eigenvalue weighted by Gasteiger charge is -2.35. The molecule has 1 amide bonds. The monoisotopic (exact) mass is 442 g/mol. The molecule has 0 bridgehead atoms. The first-order valence-electron chi connectivity index (χ1n) is 10.1. The molecule has 1 aliphatic heterocycles. The van der Waals surface area contributed by atoms with Crippen LogP contribution in [0.2, 0.25) is 0 Å². The third kappa shape index (κ3) is 4.96. The summed E-state index contributed by atoms with van der Waals surface area (Å²) in [5, 5.41) is 11.6. The van der Waals surface area contributed by atoms with Crippen LogP contribution in [0, 0.1) is 6.92 Å². The van der Waals surface area contributed by atoms with Crippen LogP contribution in [0.15, 0.2) is 54.6 Å². The lowest BCUT2D eigenvalue weighted by atomic mass is 10.1. The zero-order chi connectivity index (χ0) is 22.7. The summed E-state index contributed by atoms with van der Waals surface area (Å²) in [5.74, 6) is 1.66. The number of benzene rings is 1. The van der Waals surface area contributed by atoms with Crippen LogP contribution >= 0.6 is 0 Å². The molecule has 0 spiro atoms. The normalized spacial score (nSPS) is 14.4. The maximum Gasteiger partial charge on any atom is 0.416 e. The van der Waals surface area contributed by atoms with Crippen LogP contribution in [0.4, 0.5) is 30.6 Å². The number of aryl methyl sites for hydroxylation is 1. The van der Waals surface area contributed by atoms with Crippen molar-refractivity contribution in [1.29, 1.82) is 0 Å². The number of carbonyl (C=O) groups excluding carboxylic acids is 1. The Morgan fingerprint density at radius 1 is 0.906 bits per heavy atom. The molecular weight excluding hydrogens is 421 g/mol. The Bertz CT molecular complexity index is 1080. The van der Waals surface area contributed by atoms with Crippen molar-refractivity contribution in [3.05, 3.63) is 71.4 Å². The molecular formula is C22H21F3N6O. The molecule has 1 aliphatic rings. The molecule has 32 heavy (non-hydrogen) atoms. The predicted molar refractivity (Wildman–Crippen MR) is 114 cm³/mol. The maximum atomic E-state index is 12.7. The standard InChI is InChI=1S/C22H21F3N6O/c1-15-3-2-4-18(26-15)27-19-9-10-20(29-28-19)30-11-13-31(14-12-30)21(32)16-5-7-17(8-6-16)22(23,24)25/h2-10H,11-14H2,1H3,(H,26,27,28). The fourth-order valence-electron chi connectivity index (χ4n) is 3.43. The fourth-order valence-corrected chi connectivity index (χ4v) is 3.43. The highest BCUT2D eigenvalue weighted by atomic mass is 19.4. The van der Waals surface area contributed by atoms with Crippen LogP contribution < -0.4 is 10.2 Å². The van der Waals surface area contributed by atoms with Crippen molar-refractivity contribution in [3.8, 4) is 0 Å². The molecule has 166 valence electrons. The van der Waals surface area contributed by atoms with E-state index in [1.807, 2.05) is 42.2 Å². The van der Waals surface area contributed by atoms with Crippen LogP contribution in [0.5, 0.6) is 0 Å². The molecule has 3 aromatic rings. The number of carbonyl (C=O) groups is 1. The third-order valence-corrected chi connectivity index (χ3v) is 5.14. The Hall–Kier alpha value is -3.69. The van der Waals surface area contributed by atoms with Crippen LogP contribution in [0.1, 0.15) is 21.6 Å². The second-order valence-corrected chi connectivity index (χ2v) is 7.42. The molecule has 1 saturated heterocycles. The Morgan fingerprint density at radius 3 is 2.22 bits per heavy atom. The first-order chi connectivity index (χ1) is 15.3. The summed E-state index contributed by atoms with van der Waals surface area (Å²) >= 11 is 0. The van der Waals surface area contributed by atoms with Crippen molar-refractivity contribution < 1.29 is 18.0 Å². The Morgan fingerprint density at radius 2 is 1.62 bits per heavy atom. The summed E-state index contributed by atoms with van der Waals surface area (Å²) in [5.41, 5.74) is 0.364. The van der Waals surface area contributed by atoms with E-state index in [9.17, 15) is 18.0 Å².